The van der Waals surface area contributed by atoms with Crippen molar-refractivity contribution < 1.29 is 9.21 Å². The predicted octanol–water partition coefficient (Wildman–Crippen LogP) is 2.48. The van der Waals surface area contributed by atoms with Gasteiger partial charge in [-0.05, 0) is 38.3 Å². The lowest BCUT2D eigenvalue weighted by Crippen LogP contribution is -2.37. The molecule has 0 bridgehead atoms. The van der Waals surface area contributed by atoms with Gasteiger partial charge < -0.3 is 9.73 Å². The Morgan fingerprint density at radius 2 is 2.33 bits per heavy atom. The highest BCUT2D eigenvalue weighted by Crippen LogP contribution is 2.24. The van der Waals surface area contributed by atoms with Crippen LogP contribution < -0.4 is 5.32 Å². The van der Waals surface area contributed by atoms with Crippen molar-refractivity contribution in [2.75, 3.05) is 0 Å². The van der Waals surface area contributed by atoms with Gasteiger partial charge in [0.25, 0.3) is 5.91 Å². The summed E-state index contributed by atoms with van der Waals surface area (Å²) in [6, 6.07) is 3.55. The number of rotatable bonds is 2. The highest BCUT2D eigenvalue weighted by molar-refractivity contribution is 6.21. The first-order chi connectivity index (χ1) is 7.16. The summed E-state index contributed by atoms with van der Waals surface area (Å²) in [7, 11) is 0. The van der Waals surface area contributed by atoms with E-state index in [0.717, 1.165) is 25.0 Å². The van der Waals surface area contributed by atoms with Gasteiger partial charge in [0.2, 0.25) is 0 Å². The molecule has 82 valence electrons. The Hall–Kier alpha value is -0.960. The number of alkyl halides is 1. The van der Waals surface area contributed by atoms with E-state index < -0.39 is 0 Å². The van der Waals surface area contributed by atoms with Gasteiger partial charge in [0, 0.05) is 6.04 Å². The second-order valence-electron chi connectivity index (χ2n) is 3.94. The molecular formula is C11H14ClNO2. The Morgan fingerprint density at radius 3 is 2.87 bits per heavy atom. The van der Waals surface area contributed by atoms with Gasteiger partial charge in [0.1, 0.15) is 5.76 Å². The summed E-state index contributed by atoms with van der Waals surface area (Å²) in [5, 5.41) is 2.95. The second-order valence-corrected chi connectivity index (χ2v) is 4.50. The third-order valence-electron chi connectivity index (χ3n) is 2.71. The fraction of sp³-hybridized carbons (Fsp3) is 0.545. The normalized spacial score (nSPS) is 25.5. The van der Waals surface area contributed by atoms with E-state index in [-0.39, 0.29) is 17.3 Å². The minimum Gasteiger partial charge on any atom is -0.456 e. The molecule has 1 heterocycles. The maximum Gasteiger partial charge on any atom is 0.287 e. The van der Waals surface area contributed by atoms with Crippen molar-refractivity contribution in [1.82, 2.24) is 5.32 Å². The molecule has 15 heavy (non-hydrogen) atoms. The molecule has 4 heteroatoms. The lowest BCUT2D eigenvalue weighted by molar-refractivity contribution is 0.0909. The summed E-state index contributed by atoms with van der Waals surface area (Å²) in [4.78, 5) is 11.7. The number of amides is 1. The molecule has 1 fully saturated rings. The van der Waals surface area contributed by atoms with Crippen molar-refractivity contribution in [2.45, 2.75) is 37.6 Å². The minimum absolute atomic E-state index is 0.0602. The summed E-state index contributed by atoms with van der Waals surface area (Å²) in [6.07, 6.45) is 3.01. The fourth-order valence-corrected chi connectivity index (χ4v) is 2.22. The van der Waals surface area contributed by atoms with Crippen molar-refractivity contribution in [3.8, 4) is 0 Å². The van der Waals surface area contributed by atoms with Gasteiger partial charge in [0.15, 0.2) is 5.76 Å². The molecule has 2 unspecified atom stereocenters. The molecule has 1 aromatic rings. The van der Waals surface area contributed by atoms with Gasteiger partial charge in [-0.1, -0.05) is 0 Å². The van der Waals surface area contributed by atoms with Gasteiger partial charge in [0.05, 0.1) is 5.38 Å². The molecule has 1 amide bonds. The van der Waals surface area contributed by atoms with Gasteiger partial charge in [-0.15, -0.1) is 11.6 Å². The van der Waals surface area contributed by atoms with E-state index in [2.05, 4.69) is 5.32 Å². The maximum atomic E-state index is 11.7. The molecule has 0 spiro atoms. The van der Waals surface area contributed by atoms with E-state index in [1.165, 1.54) is 0 Å². The minimum atomic E-state index is -0.166. The van der Waals surface area contributed by atoms with Crippen LogP contribution in [0.1, 0.15) is 35.6 Å². The number of hydrogen-bond donors (Lipinski definition) is 1. The Bertz CT molecular complexity index is 361. The van der Waals surface area contributed by atoms with E-state index in [1.807, 2.05) is 6.92 Å². The summed E-state index contributed by atoms with van der Waals surface area (Å²) in [6.45, 7) is 1.82. The molecule has 1 aromatic heterocycles. The zero-order chi connectivity index (χ0) is 10.8. The Labute approximate surface area is 93.8 Å². The lowest BCUT2D eigenvalue weighted by Gasteiger charge is -2.14. The molecule has 0 radical (unpaired) electrons. The summed E-state index contributed by atoms with van der Waals surface area (Å²) < 4.78 is 5.24. The van der Waals surface area contributed by atoms with Crippen LogP contribution in [-0.2, 0) is 0 Å². The number of nitrogens with one attached hydrogen (secondary N) is 1. The monoisotopic (exact) mass is 227 g/mol. The van der Waals surface area contributed by atoms with Crippen LogP contribution in [0.4, 0.5) is 0 Å². The molecule has 3 nitrogen and oxygen atoms in total. The Balaban J connectivity index is 1.97. The molecule has 1 N–H and O–H groups in total. The van der Waals surface area contributed by atoms with Gasteiger partial charge >= 0.3 is 0 Å². The van der Waals surface area contributed by atoms with Crippen LogP contribution in [0, 0.1) is 6.92 Å². The van der Waals surface area contributed by atoms with Gasteiger partial charge in [-0.25, -0.2) is 0 Å². The molecule has 1 aliphatic rings. The molecule has 1 aliphatic carbocycles. The number of carbonyl (C=O) groups is 1. The zero-order valence-corrected chi connectivity index (χ0v) is 9.38. The van der Waals surface area contributed by atoms with Crippen molar-refractivity contribution in [1.29, 1.82) is 0 Å². The number of halogens is 1. The highest BCUT2D eigenvalue weighted by atomic mass is 35.5. The molecule has 2 atom stereocenters. The van der Waals surface area contributed by atoms with Crippen LogP contribution in [0.25, 0.3) is 0 Å². The molecule has 1 saturated carbocycles. The molecule has 0 aromatic carbocycles. The standard InChI is InChI=1S/C11H14ClNO2/c1-7-5-6-10(15-7)11(14)13-9-4-2-3-8(9)12/h5-6,8-9H,2-4H2,1H3,(H,13,14). The van der Waals surface area contributed by atoms with Crippen LogP contribution in [0.5, 0.6) is 0 Å². The maximum absolute atomic E-state index is 11.7. The molecule has 0 aliphatic heterocycles. The van der Waals surface area contributed by atoms with Crippen molar-refractivity contribution in [3.05, 3.63) is 23.7 Å². The molecule has 2 rings (SSSR count). The summed E-state index contributed by atoms with van der Waals surface area (Å²) >= 11 is 6.07. The van der Waals surface area contributed by atoms with Gasteiger partial charge in [-0.2, -0.15) is 0 Å². The van der Waals surface area contributed by atoms with Crippen molar-refractivity contribution in [3.63, 3.8) is 0 Å². The van der Waals surface area contributed by atoms with E-state index in [9.17, 15) is 4.79 Å². The van der Waals surface area contributed by atoms with Gasteiger partial charge in [-0.3, -0.25) is 4.79 Å². The van der Waals surface area contributed by atoms with Crippen LogP contribution in [0.15, 0.2) is 16.5 Å². The van der Waals surface area contributed by atoms with E-state index in [0.29, 0.717) is 5.76 Å². The first-order valence-electron chi connectivity index (χ1n) is 5.18. The lowest BCUT2D eigenvalue weighted by atomic mass is 10.2. The first-order valence-corrected chi connectivity index (χ1v) is 5.62. The fourth-order valence-electron chi connectivity index (χ4n) is 1.87. The van der Waals surface area contributed by atoms with Crippen LogP contribution in [0.3, 0.4) is 0 Å². The first kappa shape index (κ1) is 10.6. The number of furan rings is 1. The predicted molar refractivity (Wildman–Crippen MR) is 58.2 cm³/mol. The van der Waals surface area contributed by atoms with Crippen molar-refractivity contribution in [2.24, 2.45) is 0 Å². The summed E-state index contributed by atoms with van der Waals surface area (Å²) in [5.74, 6) is 0.943. The smallest absolute Gasteiger partial charge is 0.287 e. The van der Waals surface area contributed by atoms with Crippen LogP contribution >= 0.6 is 11.6 Å². The van der Waals surface area contributed by atoms with Crippen LogP contribution in [0.2, 0.25) is 0 Å². The van der Waals surface area contributed by atoms with Crippen LogP contribution in [-0.4, -0.2) is 17.3 Å². The zero-order valence-electron chi connectivity index (χ0n) is 8.63. The number of carbonyl (C=O) groups excluding carboxylic acids is 1. The second kappa shape index (κ2) is 4.27. The third-order valence-corrected chi connectivity index (χ3v) is 3.23. The Kier molecular flexibility index (Phi) is 3.00. The highest BCUT2D eigenvalue weighted by Gasteiger charge is 2.27. The van der Waals surface area contributed by atoms with Crippen molar-refractivity contribution >= 4 is 17.5 Å². The molecular weight excluding hydrogens is 214 g/mol. The topological polar surface area (TPSA) is 42.2 Å². The van der Waals surface area contributed by atoms with E-state index in [4.69, 9.17) is 16.0 Å². The number of aryl methyl sites for hydroxylation is 1. The quantitative estimate of drug-likeness (QED) is 0.789. The third kappa shape index (κ3) is 2.34. The van der Waals surface area contributed by atoms with E-state index in [1.54, 1.807) is 12.1 Å². The number of hydrogen-bond acceptors (Lipinski definition) is 2. The Morgan fingerprint density at radius 1 is 1.53 bits per heavy atom. The average molecular weight is 228 g/mol. The SMILES string of the molecule is Cc1ccc(C(=O)NC2CCCC2Cl)o1. The molecule has 0 saturated heterocycles. The van der Waals surface area contributed by atoms with E-state index >= 15 is 0 Å². The largest absolute Gasteiger partial charge is 0.456 e. The average Bonchev–Trinajstić information content (AvgIpc) is 2.77. The summed E-state index contributed by atoms with van der Waals surface area (Å²) in [5.41, 5.74) is 0.